The van der Waals surface area contributed by atoms with E-state index in [-0.39, 0.29) is 0 Å². The first-order valence-electron chi connectivity index (χ1n) is 4.30. The zero-order valence-corrected chi connectivity index (χ0v) is 7.89. The summed E-state index contributed by atoms with van der Waals surface area (Å²) in [6.45, 7) is 5.92. The first-order valence-corrected chi connectivity index (χ1v) is 4.30. The minimum atomic E-state index is 0.372. The lowest BCUT2D eigenvalue weighted by molar-refractivity contribution is 0.459. The van der Waals surface area contributed by atoms with Crippen molar-refractivity contribution in [2.45, 2.75) is 33.6 Å². The van der Waals surface area contributed by atoms with Gasteiger partial charge in [0.1, 0.15) is 5.75 Å². The molecule has 0 bridgehead atoms. The van der Waals surface area contributed by atoms with Crippen molar-refractivity contribution < 1.29 is 5.11 Å². The second-order valence-corrected chi connectivity index (χ2v) is 3.10. The van der Waals surface area contributed by atoms with Gasteiger partial charge < -0.3 is 5.11 Å². The molecule has 1 aromatic rings. The van der Waals surface area contributed by atoms with Crippen LogP contribution in [0.1, 0.15) is 30.2 Å². The highest BCUT2D eigenvalue weighted by Gasteiger charge is 2.06. The second-order valence-electron chi connectivity index (χ2n) is 3.10. The van der Waals surface area contributed by atoms with Gasteiger partial charge in [0.2, 0.25) is 0 Å². The van der Waals surface area contributed by atoms with Crippen LogP contribution in [0.25, 0.3) is 0 Å². The number of aromatic nitrogens is 1. The largest absolute Gasteiger partial charge is 0.506 e. The second kappa shape index (κ2) is 3.57. The summed E-state index contributed by atoms with van der Waals surface area (Å²) in [4.78, 5) is 4.07. The highest BCUT2D eigenvalue weighted by Crippen LogP contribution is 2.24. The summed E-state index contributed by atoms with van der Waals surface area (Å²) in [5.41, 5.74) is 2.86. The summed E-state index contributed by atoms with van der Waals surface area (Å²) in [5, 5.41) is 9.65. The topological polar surface area (TPSA) is 33.1 Å². The van der Waals surface area contributed by atoms with Crippen molar-refractivity contribution in [1.29, 1.82) is 0 Å². The smallest absolute Gasteiger partial charge is 0.140 e. The molecule has 1 aromatic heterocycles. The molecule has 0 unspecified atom stereocenters. The van der Waals surface area contributed by atoms with E-state index in [1.807, 2.05) is 20.0 Å². The van der Waals surface area contributed by atoms with Crippen molar-refractivity contribution in [3.05, 3.63) is 23.0 Å². The molecule has 0 aliphatic carbocycles. The van der Waals surface area contributed by atoms with Gasteiger partial charge in [-0.1, -0.05) is 13.3 Å². The molecule has 2 nitrogen and oxygen atoms in total. The van der Waals surface area contributed by atoms with E-state index >= 15 is 0 Å². The van der Waals surface area contributed by atoms with Gasteiger partial charge in [0.05, 0.1) is 5.69 Å². The van der Waals surface area contributed by atoms with Crippen molar-refractivity contribution in [1.82, 2.24) is 4.98 Å². The molecule has 0 aromatic carbocycles. The maximum Gasteiger partial charge on any atom is 0.140 e. The number of hydrogen-bond donors (Lipinski definition) is 1. The van der Waals surface area contributed by atoms with E-state index in [9.17, 15) is 5.11 Å². The molecule has 1 heterocycles. The molecule has 2 heteroatoms. The molecule has 66 valence electrons. The lowest BCUT2D eigenvalue weighted by atomic mass is 10.0. The van der Waals surface area contributed by atoms with Crippen LogP contribution in [-0.2, 0) is 6.42 Å². The highest BCUT2D eigenvalue weighted by atomic mass is 16.3. The van der Waals surface area contributed by atoms with Gasteiger partial charge in [-0.2, -0.15) is 0 Å². The van der Waals surface area contributed by atoms with Crippen LogP contribution in [0.5, 0.6) is 5.75 Å². The number of aromatic hydroxyl groups is 1. The predicted octanol–water partition coefficient (Wildman–Crippen LogP) is 2.36. The number of rotatable bonds is 2. The maximum absolute atomic E-state index is 9.65. The average molecular weight is 165 g/mol. The molecule has 1 rings (SSSR count). The minimum Gasteiger partial charge on any atom is -0.506 e. The summed E-state index contributed by atoms with van der Waals surface area (Å²) in [6.07, 6.45) is 3.80. The third-order valence-corrected chi connectivity index (χ3v) is 2.06. The fraction of sp³-hybridized carbons (Fsp3) is 0.500. The molecule has 0 aliphatic heterocycles. The third kappa shape index (κ3) is 1.58. The highest BCUT2D eigenvalue weighted by molar-refractivity contribution is 5.40. The van der Waals surface area contributed by atoms with Gasteiger partial charge in [0.25, 0.3) is 0 Å². The summed E-state index contributed by atoms with van der Waals surface area (Å²) in [6, 6.07) is 0. The Kier molecular flexibility index (Phi) is 2.69. The van der Waals surface area contributed by atoms with Crippen molar-refractivity contribution in [3.8, 4) is 5.75 Å². The van der Waals surface area contributed by atoms with E-state index < -0.39 is 0 Å². The Hall–Kier alpha value is -1.05. The van der Waals surface area contributed by atoms with Crippen LogP contribution in [0.4, 0.5) is 0 Å². The Labute approximate surface area is 73.3 Å². The Balaban J connectivity index is 3.14. The molecule has 1 N–H and O–H groups in total. The quantitative estimate of drug-likeness (QED) is 0.729. The van der Waals surface area contributed by atoms with Crippen LogP contribution in [0, 0.1) is 13.8 Å². The molecule has 0 fully saturated rings. The minimum absolute atomic E-state index is 0.372. The van der Waals surface area contributed by atoms with Crippen LogP contribution in [-0.4, -0.2) is 10.1 Å². The molecule has 0 spiro atoms. The van der Waals surface area contributed by atoms with Crippen LogP contribution >= 0.6 is 0 Å². The number of aryl methyl sites for hydroxylation is 2. The monoisotopic (exact) mass is 165 g/mol. The van der Waals surface area contributed by atoms with E-state index in [1.54, 1.807) is 0 Å². The van der Waals surface area contributed by atoms with Gasteiger partial charge in [-0.15, -0.1) is 0 Å². The van der Waals surface area contributed by atoms with E-state index in [4.69, 9.17) is 0 Å². The van der Waals surface area contributed by atoms with Gasteiger partial charge in [-0.3, -0.25) is 4.98 Å². The first-order chi connectivity index (χ1) is 5.66. The average Bonchev–Trinajstić information content (AvgIpc) is 2.06. The van der Waals surface area contributed by atoms with E-state index in [2.05, 4.69) is 11.9 Å². The fourth-order valence-corrected chi connectivity index (χ4v) is 1.30. The van der Waals surface area contributed by atoms with Crippen molar-refractivity contribution >= 4 is 0 Å². The molecular weight excluding hydrogens is 150 g/mol. The summed E-state index contributed by atoms with van der Waals surface area (Å²) >= 11 is 0. The Morgan fingerprint density at radius 1 is 1.42 bits per heavy atom. The predicted molar refractivity (Wildman–Crippen MR) is 49.4 cm³/mol. The van der Waals surface area contributed by atoms with Crippen molar-refractivity contribution in [3.63, 3.8) is 0 Å². The lowest BCUT2D eigenvalue weighted by Crippen LogP contribution is -1.94. The standard InChI is InChI=1S/C10H15NO/c1-4-5-9-7(2)6-11-8(3)10(9)12/h6,12H,4-5H2,1-3H3. The maximum atomic E-state index is 9.65. The van der Waals surface area contributed by atoms with Crippen molar-refractivity contribution in [2.75, 3.05) is 0 Å². The zero-order chi connectivity index (χ0) is 9.14. The van der Waals surface area contributed by atoms with E-state index in [1.165, 1.54) is 0 Å². The summed E-state index contributed by atoms with van der Waals surface area (Å²) in [7, 11) is 0. The van der Waals surface area contributed by atoms with Crippen LogP contribution in [0.2, 0.25) is 0 Å². The van der Waals surface area contributed by atoms with Gasteiger partial charge in [-0.05, 0) is 25.8 Å². The molecular formula is C10H15NO. The Morgan fingerprint density at radius 3 is 2.67 bits per heavy atom. The molecule has 0 aliphatic rings. The van der Waals surface area contributed by atoms with Gasteiger partial charge in [0.15, 0.2) is 0 Å². The van der Waals surface area contributed by atoms with Gasteiger partial charge >= 0.3 is 0 Å². The third-order valence-electron chi connectivity index (χ3n) is 2.06. The first kappa shape index (κ1) is 9.04. The van der Waals surface area contributed by atoms with Gasteiger partial charge in [-0.25, -0.2) is 0 Å². The normalized spacial score (nSPS) is 10.2. The number of nitrogens with zero attached hydrogens (tertiary/aromatic N) is 1. The molecule has 12 heavy (non-hydrogen) atoms. The summed E-state index contributed by atoms with van der Waals surface area (Å²) in [5.74, 6) is 0.372. The van der Waals surface area contributed by atoms with E-state index in [0.717, 1.165) is 29.7 Å². The van der Waals surface area contributed by atoms with Gasteiger partial charge in [0, 0.05) is 11.8 Å². The van der Waals surface area contributed by atoms with Crippen molar-refractivity contribution in [2.24, 2.45) is 0 Å². The van der Waals surface area contributed by atoms with Crippen LogP contribution in [0.15, 0.2) is 6.20 Å². The molecule has 0 saturated heterocycles. The lowest BCUT2D eigenvalue weighted by Gasteiger charge is -2.08. The SMILES string of the molecule is CCCc1c(C)cnc(C)c1O. The zero-order valence-electron chi connectivity index (χ0n) is 7.89. The Morgan fingerprint density at radius 2 is 2.08 bits per heavy atom. The van der Waals surface area contributed by atoms with Crippen LogP contribution in [0.3, 0.4) is 0 Å². The number of hydrogen-bond acceptors (Lipinski definition) is 2. The molecule has 0 saturated carbocycles. The summed E-state index contributed by atoms with van der Waals surface area (Å²) < 4.78 is 0. The molecule has 0 atom stereocenters. The fourth-order valence-electron chi connectivity index (χ4n) is 1.30. The molecule has 0 amide bonds. The van der Waals surface area contributed by atoms with E-state index in [0.29, 0.717) is 5.75 Å². The number of pyridine rings is 1. The Bertz CT molecular complexity index is 281. The van der Waals surface area contributed by atoms with Crippen LogP contribution < -0.4 is 0 Å². The molecule has 0 radical (unpaired) electrons.